The molecule has 0 radical (unpaired) electrons. The average Bonchev–Trinajstić information content (AvgIpc) is 2.63. The van der Waals surface area contributed by atoms with Crippen LogP contribution in [0.25, 0.3) is 0 Å². The van der Waals surface area contributed by atoms with Crippen molar-refractivity contribution in [2.45, 2.75) is 19.4 Å². The Morgan fingerprint density at radius 2 is 1.80 bits per heavy atom. The fourth-order valence-electron chi connectivity index (χ4n) is 2.00. The molecule has 2 aromatic rings. The maximum absolute atomic E-state index is 12.1. The zero-order valence-electron chi connectivity index (χ0n) is 13.8. The van der Waals surface area contributed by atoms with Gasteiger partial charge < -0.3 is 14.8 Å². The second-order valence-corrected chi connectivity index (χ2v) is 5.19. The maximum Gasteiger partial charge on any atom is 0.310 e. The molecule has 6 nitrogen and oxygen atoms in total. The van der Waals surface area contributed by atoms with Gasteiger partial charge in [0.1, 0.15) is 11.8 Å². The Kier molecular flexibility index (Phi) is 6.55. The summed E-state index contributed by atoms with van der Waals surface area (Å²) >= 11 is 0. The van der Waals surface area contributed by atoms with E-state index >= 15 is 0 Å². The highest BCUT2D eigenvalue weighted by atomic mass is 16.5. The summed E-state index contributed by atoms with van der Waals surface area (Å²) in [7, 11) is 0. The summed E-state index contributed by atoms with van der Waals surface area (Å²) in [5, 5.41) is 11.6. The molecule has 0 unspecified atom stereocenters. The number of amides is 1. The van der Waals surface area contributed by atoms with Gasteiger partial charge in [0, 0.05) is 0 Å². The van der Waals surface area contributed by atoms with Gasteiger partial charge in [-0.1, -0.05) is 30.3 Å². The van der Waals surface area contributed by atoms with Crippen molar-refractivity contribution in [3.63, 3.8) is 0 Å². The summed E-state index contributed by atoms with van der Waals surface area (Å²) in [4.78, 5) is 23.9. The van der Waals surface area contributed by atoms with Gasteiger partial charge in [0.2, 0.25) is 0 Å². The molecule has 0 aliphatic rings. The summed E-state index contributed by atoms with van der Waals surface area (Å²) in [6.45, 7) is 1.63. The highest BCUT2D eigenvalue weighted by Gasteiger charge is 2.18. The van der Waals surface area contributed by atoms with E-state index in [0.29, 0.717) is 17.0 Å². The van der Waals surface area contributed by atoms with Crippen LogP contribution < -0.4 is 10.1 Å². The Labute approximate surface area is 146 Å². The molecule has 0 heterocycles. The summed E-state index contributed by atoms with van der Waals surface area (Å²) in [6.07, 6.45) is -0.947. The lowest BCUT2D eigenvalue weighted by Gasteiger charge is -2.14. The minimum absolute atomic E-state index is 0.0291. The Hall–Kier alpha value is -3.33. The summed E-state index contributed by atoms with van der Waals surface area (Å²) in [5.74, 6) is -0.374. The second kappa shape index (κ2) is 9.08. The van der Waals surface area contributed by atoms with E-state index in [1.807, 2.05) is 24.3 Å². The van der Waals surface area contributed by atoms with Crippen LogP contribution in [-0.4, -0.2) is 24.6 Å². The quantitative estimate of drug-likeness (QED) is 0.784. The molecule has 6 heteroatoms. The van der Waals surface area contributed by atoms with Crippen molar-refractivity contribution in [3.8, 4) is 11.8 Å². The minimum atomic E-state index is -0.976. The number of benzene rings is 2. The highest BCUT2D eigenvalue weighted by Crippen LogP contribution is 2.14. The predicted molar refractivity (Wildman–Crippen MR) is 91.9 cm³/mol. The number of nitrogens with zero attached hydrogens (tertiary/aromatic N) is 1. The first-order valence-corrected chi connectivity index (χ1v) is 7.77. The van der Waals surface area contributed by atoms with Crippen molar-refractivity contribution in [1.82, 2.24) is 0 Å². The van der Waals surface area contributed by atoms with Crippen molar-refractivity contribution >= 4 is 17.6 Å². The lowest BCUT2D eigenvalue weighted by Crippen LogP contribution is -2.30. The van der Waals surface area contributed by atoms with Crippen molar-refractivity contribution in [2.24, 2.45) is 0 Å². The first-order chi connectivity index (χ1) is 12.1. The molecule has 0 saturated heterocycles. The summed E-state index contributed by atoms with van der Waals surface area (Å²) in [6, 6.07) is 17.7. The SMILES string of the molecule is C[C@@H](OC(=O)CCOc1ccccc1)C(=O)Nc1ccccc1C#N. The van der Waals surface area contributed by atoms with Gasteiger partial charge in [0.15, 0.2) is 6.10 Å². The number of carbonyl (C=O) groups is 2. The van der Waals surface area contributed by atoms with Gasteiger partial charge >= 0.3 is 5.97 Å². The van der Waals surface area contributed by atoms with Crippen LogP contribution in [0.1, 0.15) is 18.9 Å². The average molecular weight is 338 g/mol. The van der Waals surface area contributed by atoms with Crippen molar-refractivity contribution in [2.75, 3.05) is 11.9 Å². The molecule has 128 valence electrons. The minimum Gasteiger partial charge on any atom is -0.493 e. The molecule has 25 heavy (non-hydrogen) atoms. The molecule has 1 atom stereocenters. The molecule has 0 aromatic heterocycles. The fraction of sp³-hybridized carbons (Fsp3) is 0.211. The lowest BCUT2D eigenvalue weighted by atomic mass is 10.2. The topological polar surface area (TPSA) is 88.4 Å². The smallest absolute Gasteiger partial charge is 0.310 e. The molecule has 0 spiro atoms. The van der Waals surface area contributed by atoms with Gasteiger partial charge in [0.25, 0.3) is 5.91 Å². The molecule has 2 aromatic carbocycles. The number of esters is 1. The second-order valence-electron chi connectivity index (χ2n) is 5.19. The van der Waals surface area contributed by atoms with E-state index in [1.54, 1.807) is 36.4 Å². The highest BCUT2D eigenvalue weighted by molar-refractivity contribution is 5.96. The maximum atomic E-state index is 12.1. The predicted octanol–water partition coefficient (Wildman–Crippen LogP) is 2.90. The monoisotopic (exact) mass is 338 g/mol. The third-order valence-electron chi connectivity index (χ3n) is 3.30. The summed E-state index contributed by atoms with van der Waals surface area (Å²) < 4.78 is 10.5. The van der Waals surface area contributed by atoms with E-state index in [-0.39, 0.29) is 13.0 Å². The first kappa shape index (κ1) is 18.0. The van der Waals surface area contributed by atoms with Crippen molar-refractivity contribution in [1.29, 1.82) is 5.26 Å². The van der Waals surface area contributed by atoms with E-state index in [2.05, 4.69) is 5.32 Å². The van der Waals surface area contributed by atoms with Crippen LogP contribution >= 0.6 is 0 Å². The van der Waals surface area contributed by atoms with Gasteiger partial charge in [-0.25, -0.2) is 0 Å². The number of hydrogen-bond acceptors (Lipinski definition) is 5. The third kappa shape index (κ3) is 5.66. The van der Waals surface area contributed by atoms with Crippen LogP contribution in [0, 0.1) is 11.3 Å². The number of ether oxygens (including phenoxy) is 2. The van der Waals surface area contributed by atoms with Crippen LogP contribution in [-0.2, 0) is 14.3 Å². The van der Waals surface area contributed by atoms with E-state index < -0.39 is 18.0 Å². The van der Waals surface area contributed by atoms with Crippen LogP contribution in [0.4, 0.5) is 5.69 Å². The van der Waals surface area contributed by atoms with Crippen molar-refractivity contribution in [3.05, 3.63) is 60.2 Å². The zero-order chi connectivity index (χ0) is 18.1. The molecule has 0 bridgehead atoms. The van der Waals surface area contributed by atoms with Crippen molar-refractivity contribution < 1.29 is 19.1 Å². The number of para-hydroxylation sites is 2. The summed E-state index contributed by atoms with van der Waals surface area (Å²) in [5.41, 5.74) is 0.718. The standard InChI is InChI=1S/C19H18N2O4/c1-14(19(23)21-17-10-6-5-7-15(17)13-20)25-18(22)11-12-24-16-8-3-2-4-9-16/h2-10,14H,11-12H2,1H3,(H,21,23)/t14-/m1/s1. The molecular weight excluding hydrogens is 320 g/mol. The lowest BCUT2D eigenvalue weighted by molar-refractivity contribution is -0.153. The van der Waals surface area contributed by atoms with Gasteiger partial charge in [-0.3, -0.25) is 9.59 Å². The van der Waals surface area contributed by atoms with E-state index in [4.69, 9.17) is 14.7 Å². The fourth-order valence-corrected chi connectivity index (χ4v) is 2.00. The molecule has 1 N–H and O–H groups in total. The Morgan fingerprint density at radius 3 is 2.52 bits per heavy atom. The third-order valence-corrected chi connectivity index (χ3v) is 3.30. The molecule has 0 aliphatic heterocycles. The number of nitrogens with one attached hydrogen (secondary N) is 1. The molecule has 0 aliphatic carbocycles. The largest absolute Gasteiger partial charge is 0.493 e. The molecule has 0 fully saturated rings. The van der Waals surface area contributed by atoms with Gasteiger partial charge in [-0.2, -0.15) is 5.26 Å². The van der Waals surface area contributed by atoms with Crippen LogP contribution in [0.2, 0.25) is 0 Å². The van der Waals surface area contributed by atoms with Crippen LogP contribution in [0.5, 0.6) is 5.75 Å². The van der Waals surface area contributed by atoms with E-state index in [0.717, 1.165) is 0 Å². The number of carbonyl (C=O) groups excluding carboxylic acids is 2. The molecular formula is C19H18N2O4. The Bertz CT molecular complexity index is 768. The van der Waals surface area contributed by atoms with E-state index in [1.165, 1.54) is 6.92 Å². The van der Waals surface area contributed by atoms with Crippen LogP contribution in [0.3, 0.4) is 0 Å². The van der Waals surface area contributed by atoms with Gasteiger partial charge in [-0.05, 0) is 31.2 Å². The van der Waals surface area contributed by atoms with Gasteiger partial charge in [-0.15, -0.1) is 0 Å². The van der Waals surface area contributed by atoms with Crippen LogP contribution in [0.15, 0.2) is 54.6 Å². The van der Waals surface area contributed by atoms with E-state index in [9.17, 15) is 9.59 Å². The number of anilines is 1. The Morgan fingerprint density at radius 1 is 1.12 bits per heavy atom. The zero-order valence-corrected chi connectivity index (χ0v) is 13.8. The molecule has 0 saturated carbocycles. The molecule has 2 rings (SSSR count). The normalized spacial score (nSPS) is 11.0. The first-order valence-electron chi connectivity index (χ1n) is 7.77. The number of nitriles is 1. The molecule has 1 amide bonds. The van der Waals surface area contributed by atoms with Gasteiger partial charge in [0.05, 0.1) is 24.3 Å². The number of rotatable bonds is 7. The number of hydrogen-bond donors (Lipinski definition) is 1. The Balaban J connectivity index is 1.78.